The van der Waals surface area contributed by atoms with Gasteiger partial charge in [0.2, 0.25) is 5.89 Å². The highest BCUT2D eigenvalue weighted by atomic mass is 16.4. The number of fused-ring (bicyclic) bond motifs is 1. The number of hydrogen-bond acceptors (Lipinski definition) is 6. The summed E-state index contributed by atoms with van der Waals surface area (Å²) in [5.41, 5.74) is 2.61. The monoisotopic (exact) mass is 300 g/mol. The molecule has 3 heterocycles. The molecule has 7 heteroatoms. The molecule has 0 aliphatic heterocycles. The first-order valence-corrected chi connectivity index (χ1v) is 7.49. The minimum atomic E-state index is 0.474. The van der Waals surface area contributed by atoms with Gasteiger partial charge in [-0.25, -0.2) is 9.67 Å². The average molecular weight is 300 g/mol. The second kappa shape index (κ2) is 5.75. The van der Waals surface area contributed by atoms with Crippen LogP contribution in [-0.4, -0.2) is 31.5 Å². The number of aryl methyl sites for hydroxylation is 2. The van der Waals surface area contributed by atoms with Crippen molar-refractivity contribution >= 4 is 16.7 Å². The molecule has 0 radical (unpaired) electrons. The molecule has 1 N–H and O–H groups in total. The fraction of sp³-hybridized carbons (Fsp3) is 0.467. The lowest BCUT2D eigenvalue weighted by Crippen LogP contribution is -2.09. The molecule has 7 nitrogen and oxygen atoms in total. The van der Waals surface area contributed by atoms with Crippen LogP contribution < -0.4 is 5.32 Å². The summed E-state index contributed by atoms with van der Waals surface area (Å²) in [5.74, 6) is 1.53. The van der Waals surface area contributed by atoms with Gasteiger partial charge in [-0.05, 0) is 12.8 Å². The quantitative estimate of drug-likeness (QED) is 0.780. The Morgan fingerprint density at radius 1 is 1.27 bits per heavy atom. The van der Waals surface area contributed by atoms with E-state index < -0.39 is 0 Å². The summed E-state index contributed by atoms with van der Waals surface area (Å²) >= 11 is 0. The van der Waals surface area contributed by atoms with Gasteiger partial charge >= 0.3 is 0 Å². The lowest BCUT2D eigenvalue weighted by molar-refractivity contribution is 0.532. The highest BCUT2D eigenvalue weighted by Crippen LogP contribution is 2.33. The number of rotatable bonds is 5. The number of nitrogens with zero attached hydrogens (tertiary/aromatic N) is 5. The first-order valence-electron chi connectivity index (χ1n) is 7.49. The fourth-order valence-corrected chi connectivity index (χ4v) is 2.32. The molecule has 0 amide bonds. The molecule has 0 fully saturated rings. The molecule has 0 saturated heterocycles. The molecule has 116 valence electrons. The average Bonchev–Trinajstić information content (AvgIpc) is 3.10. The predicted octanol–water partition coefficient (Wildman–Crippen LogP) is 2.88. The van der Waals surface area contributed by atoms with Crippen molar-refractivity contribution in [3.05, 3.63) is 18.3 Å². The summed E-state index contributed by atoms with van der Waals surface area (Å²) in [4.78, 5) is 4.52. The molecule has 0 atom stereocenters. The molecule has 3 aromatic heterocycles. The van der Waals surface area contributed by atoms with Crippen LogP contribution in [0.5, 0.6) is 0 Å². The Balaban J connectivity index is 2.16. The van der Waals surface area contributed by atoms with E-state index in [1.807, 2.05) is 17.8 Å². The Bertz CT molecular complexity index is 789. The van der Waals surface area contributed by atoms with Crippen LogP contribution >= 0.6 is 0 Å². The molecular formula is C15H20N6O. The highest BCUT2D eigenvalue weighted by Gasteiger charge is 2.18. The SMILES string of the molecule is CCn1ncc2c(NCC(C)C)c(-c3nnc(C)o3)cnc21. The van der Waals surface area contributed by atoms with Gasteiger partial charge in [0, 0.05) is 26.2 Å². The van der Waals surface area contributed by atoms with Crippen molar-refractivity contribution in [3.8, 4) is 11.5 Å². The Labute approximate surface area is 128 Å². The van der Waals surface area contributed by atoms with Gasteiger partial charge < -0.3 is 9.73 Å². The zero-order valence-electron chi connectivity index (χ0n) is 13.3. The van der Waals surface area contributed by atoms with Crippen molar-refractivity contribution in [2.24, 2.45) is 5.92 Å². The van der Waals surface area contributed by atoms with E-state index in [4.69, 9.17) is 4.42 Å². The smallest absolute Gasteiger partial charge is 0.251 e. The third-order valence-corrected chi connectivity index (χ3v) is 3.41. The molecule has 0 aliphatic rings. The van der Waals surface area contributed by atoms with E-state index in [9.17, 15) is 0 Å². The lowest BCUT2D eigenvalue weighted by Gasteiger charge is -2.13. The number of anilines is 1. The van der Waals surface area contributed by atoms with Crippen molar-refractivity contribution in [1.82, 2.24) is 25.0 Å². The van der Waals surface area contributed by atoms with Crippen molar-refractivity contribution in [1.29, 1.82) is 0 Å². The largest absolute Gasteiger partial charge is 0.421 e. The number of nitrogens with one attached hydrogen (secondary N) is 1. The molecule has 3 rings (SSSR count). The zero-order chi connectivity index (χ0) is 15.7. The van der Waals surface area contributed by atoms with Gasteiger partial charge in [0.1, 0.15) is 0 Å². The van der Waals surface area contributed by atoms with E-state index in [1.165, 1.54) is 0 Å². The topological polar surface area (TPSA) is 81.7 Å². The third-order valence-electron chi connectivity index (χ3n) is 3.41. The van der Waals surface area contributed by atoms with Gasteiger partial charge in [-0.2, -0.15) is 5.10 Å². The molecule has 0 aromatic carbocycles. The summed E-state index contributed by atoms with van der Waals surface area (Å²) in [6.45, 7) is 9.77. The number of hydrogen-bond donors (Lipinski definition) is 1. The zero-order valence-corrected chi connectivity index (χ0v) is 13.3. The maximum Gasteiger partial charge on any atom is 0.251 e. The minimum Gasteiger partial charge on any atom is -0.421 e. The van der Waals surface area contributed by atoms with Crippen LogP contribution in [0.15, 0.2) is 16.8 Å². The summed E-state index contributed by atoms with van der Waals surface area (Å²) in [6, 6.07) is 0. The first kappa shape index (κ1) is 14.5. The van der Waals surface area contributed by atoms with Crippen LogP contribution in [0, 0.1) is 12.8 Å². The van der Waals surface area contributed by atoms with Gasteiger partial charge in [-0.3, -0.25) is 0 Å². The van der Waals surface area contributed by atoms with Crippen molar-refractivity contribution < 1.29 is 4.42 Å². The Morgan fingerprint density at radius 2 is 2.09 bits per heavy atom. The minimum absolute atomic E-state index is 0.474. The van der Waals surface area contributed by atoms with Crippen molar-refractivity contribution in [2.45, 2.75) is 34.2 Å². The van der Waals surface area contributed by atoms with E-state index in [-0.39, 0.29) is 0 Å². The van der Waals surface area contributed by atoms with Gasteiger partial charge in [0.15, 0.2) is 5.65 Å². The summed E-state index contributed by atoms with van der Waals surface area (Å²) in [5, 5.41) is 16.9. The third kappa shape index (κ3) is 2.54. The van der Waals surface area contributed by atoms with Crippen LogP contribution in [0.2, 0.25) is 0 Å². The standard InChI is InChI=1S/C15H20N6O/c1-5-21-14-11(8-18-21)13(16-6-9(2)3)12(7-17-14)15-20-19-10(4)22-15/h7-9H,5-6H2,1-4H3,(H,16,17). The van der Waals surface area contributed by atoms with Crippen LogP contribution in [0.1, 0.15) is 26.7 Å². The summed E-state index contributed by atoms with van der Waals surface area (Å²) in [7, 11) is 0. The maximum atomic E-state index is 5.57. The first-order chi connectivity index (χ1) is 10.6. The molecular weight excluding hydrogens is 280 g/mol. The van der Waals surface area contributed by atoms with Gasteiger partial charge in [-0.1, -0.05) is 13.8 Å². The predicted molar refractivity (Wildman–Crippen MR) is 84.6 cm³/mol. The van der Waals surface area contributed by atoms with E-state index in [0.29, 0.717) is 17.7 Å². The number of pyridine rings is 1. The van der Waals surface area contributed by atoms with E-state index >= 15 is 0 Å². The molecule has 0 bridgehead atoms. The highest BCUT2D eigenvalue weighted by molar-refractivity contribution is 5.96. The van der Waals surface area contributed by atoms with Gasteiger partial charge in [0.25, 0.3) is 5.89 Å². The summed E-state index contributed by atoms with van der Waals surface area (Å²) in [6.07, 6.45) is 3.60. The fourth-order valence-electron chi connectivity index (χ4n) is 2.32. The molecule has 22 heavy (non-hydrogen) atoms. The van der Waals surface area contributed by atoms with Crippen molar-refractivity contribution in [3.63, 3.8) is 0 Å². The molecule has 0 unspecified atom stereocenters. The number of aromatic nitrogens is 5. The van der Waals surface area contributed by atoms with E-state index in [2.05, 4.69) is 39.4 Å². The maximum absolute atomic E-state index is 5.57. The summed E-state index contributed by atoms with van der Waals surface area (Å²) < 4.78 is 7.44. The molecule has 0 spiro atoms. The van der Waals surface area contributed by atoms with Crippen LogP contribution in [0.4, 0.5) is 5.69 Å². The second-order valence-corrected chi connectivity index (χ2v) is 5.65. The van der Waals surface area contributed by atoms with Crippen molar-refractivity contribution in [2.75, 3.05) is 11.9 Å². The molecule has 0 aliphatic carbocycles. The van der Waals surface area contributed by atoms with Crippen LogP contribution in [0.3, 0.4) is 0 Å². The molecule has 0 saturated carbocycles. The molecule has 3 aromatic rings. The van der Waals surface area contributed by atoms with Gasteiger partial charge in [-0.15, -0.1) is 10.2 Å². The normalized spacial score (nSPS) is 11.5. The van der Waals surface area contributed by atoms with Gasteiger partial charge in [0.05, 0.1) is 22.8 Å². The Morgan fingerprint density at radius 3 is 2.73 bits per heavy atom. The van der Waals surface area contributed by atoms with Crippen LogP contribution in [-0.2, 0) is 6.54 Å². The van der Waals surface area contributed by atoms with E-state index in [0.717, 1.165) is 35.4 Å². The Hall–Kier alpha value is -2.44. The van der Waals surface area contributed by atoms with Crippen LogP contribution in [0.25, 0.3) is 22.5 Å². The van der Waals surface area contributed by atoms with E-state index in [1.54, 1.807) is 13.1 Å². The second-order valence-electron chi connectivity index (χ2n) is 5.65. The lowest BCUT2D eigenvalue weighted by atomic mass is 10.1. The Kier molecular flexibility index (Phi) is 3.79.